The molecule has 1 aliphatic rings. The van der Waals surface area contributed by atoms with Gasteiger partial charge in [-0.15, -0.1) is 11.3 Å². The van der Waals surface area contributed by atoms with E-state index in [9.17, 15) is 9.59 Å². The fourth-order valence-electron chi connectivity index (χ4n) is 2.67. The maximum Gasteiger partial charge on any atom is 0.263 e. The van der Waals surface area contributed by atoms with Crippen LogP contribution in [0.2, 0.25) is 0 Å². The first-order chi connectivity index (χ1) is 9.41. The van der Waals surface area contributed by atoms with Gasteiger partial charge in [0.2, 0.25) is 5.91 Å². The van der Waals surface area contributed by atoms with Crippen molar-refractivity contribution in [1.29, 1.82) is 0 Å². The molecule has 2 heterocycles. The van der Waals surface area contributed by atoms with Crippen LogP contribution in [-0.4, -0.2) is 46.8 Å². The van der Waals surface area contributed by atoms with E-state index in [1.54, 1.807) is 4.90 Å². The topological polar surface area (TPSA) is 40.6 Å². The van der Waals surface area contributed by atoms with Gasteiger partial charge in [0.05, 0.1) is 10.8 Å². The van der Waals surface area contributed by atoms with Crippen LogP contribution < -0.4 is 0 Å². The normalized spacial score (nSPS) is 15.6. The minimum Gasteiger partial charge on any atom is -0.337 e. The highest BCUT2D eigenvalue weighted by atomic mass is 32.1. The highest BCUT2D eigenvalue weighted by Gasteiger charge is 2.39. The number of amides is 2. The van der Waals surface area contributed by atoms with Crippen LogP contribution >= 0.6 is 11.3 Å². The maximum atomic E-state index is 12.5. The minimum absolute atomic E-state index is 0.0382. The van der Waals surface area contributed by atoms with E-state index in [0.29, 0.717) is 13.1 Å². The van der Waals surface area contributed by atoms with E-state index in [0.717, 1.165) is 4.88 Å². The van der Waals surface area contributed by atoms with Crippen molar-refractivity contribution in [2.45, 2.75) is 39.8 Å². The summed E-state index contributed by atoms with van der Waals surface area (Å²) in [5.41, 5.74) is 0. The zero-order valence-corrected chi connectivity index (χ0v) is 13.3. The molecule has 5 heteroatoms. The fraction of sp³-hybridized carbons (Fsp3) is 0.600. The molecule has 0 atom stereocenters. The third-order valence-corrected chi connectivity index (χ3v) is 4.47. The number of rotatable bonds is 4. The summed E-state index contributed by atoms with van der Waals surface area (Å²) in [6, 6.07) is 4.10. The Morgan fingerprint density at radius 1 is 1.25 bits per heavy atom. The van der Waals surface area contributed by atoms with Crippen LogP contribution in [-0.2, 0) is 4.79 Å². The standard InChI is InChI=1S/C15H22N2O2S/c1-10(2)17(11(3)4)14(18)12-8-16(9-12)15(19)13-6-5-7-20-13/h5-7,10-12H,8-9H2,1-4H3. The average molecular weight is 294 g/mol. The van der Waals surface area contributed by atoms with E-state index in [2.05, 4.69) is 0 Å². The monoisotopic (exact) mass is 294 g/mol. The molecular formula is C15H22N2O2S. The van der Waals surface area contributed by atoms with Crippen molar-refractivity contribution in [1.82, 2.24) is 9.80 Å². The number of thiophene rings is 1. The third-order valence-electron chi connectivity index (χ3n) is 3.62. The van der Waals surface area contributed by atoms with E-state index in [1.807, 2.05) is 50.1 Å². The van der Waals surface area contributed by atoms with Gasteiger partial charge < -0.3 is 9.80 Å². The van der Waals surface area contributed by atoms with E-state index in [-0.39, 0.29) is 29.8 Å². The number of nitrogens with zero attached hydrogens (tertiary/aromatic N) is 2. The zero-order valence-electron chi connectivity index (χ0n) is 12.5. The van der Waals surface area contributed by atoms with Gasteiger partial charge >= 0.3 is 0 Å². The van der Waals surface area contributed by atoms with Crippen LogP contribution in [0.3, 0.4) is 0 Å². The van der Waals surface area contributed by atoms with Gasteiger partial charge in [-0.1, -0.05) is 6.07 Å². The molecule has 0 unspecified atom stereocenters. The van der Waals surface area contributed by atoms with Crippen LogP contribution in [0, 0.1) is 5.92 Å². The van der Waals surface area contributed by atoms with E-state index >= 15 is 0 Å². The molecule has 110 valence electrons. The molecule has 0 spiro atoms. The molecule has 0 aromatic carbocycles. The lowest BCUT2D eigenvalue weighted by molar-refractivity contribution is -0.143. The molecule has 1 fully saturated rings. The molecule has 1 aliphatic heterocycles. The van der Waals surface area contributed by atoms with Crippen LogP contribution in [0.5, 0.6) is 0 Å². The van der Waals surface area contributed by atoms with Crippen LogP contribution in [0.1, 0.15) is 37.4 Å². The summed E-state index contributed by atoms with van der Waals surface area (Å²) in [5, 5.41) is 1.90. The summed E-state index contributed by atoms with van der Waals surface area (Å²) in [6.45, 7) is 9.23. The highest BCUT2D eigenvalue weighted by molar-refractivity contribution is 7.12. The van der Waals surface area contributed by atoms with Crippen LogP contribution in [0.15, 0.2) is 17.5 Å². The number of carbonyl (C=O) groups excluding carboxylic acids is 2. The molecule has 1 aromatic heterocycles. The minimum atomic E-state index is -0.0382. The highest BCUT2D eigenvalue weighted by Crippen LogP contribution is 2.24. The number of hydrogen-bond donors (Lipinski definition) is 0. The quantitative estimate of drug-likeness (QED) is 0.856. The van der Waals surface area contributed by atoms with Gasteiger partial charge in [-0.3, -0.25) is 9.59 Å². The SMILES string of the molecule is CC(C)N(C(=O)C1CN(C(=O)c2cccs2)C1)C(C)C. The molecule has 0 aliphatic carbocycles. The Hall–Kier alpha value is -1.36. The summed E-state index contributed by atoms with van der Waals surface area (Å²) in [4.78, 5) is 29.0. The predicted octanol–water partition coefficient (Wildman–Crippen LogP) is 2.47. The average Bonchev–Trinajstić information content (AvgIpc) is 2.78. The Labute approximate surface area is 124 Å². The molecule has 0 radical (unpaired) electrons. The molecule has 0 bridgehead atoms. The Morgan fingerprint density at radius 2 is 1.85 bits per heavy atom. The first-order valence-electron chi connectivity index (χ1n) is 7.06. The molecule has 20 heavy (non-hydrogen) atoms. The van der Waals surface area contributed by atoms with Gasteiger partial charge in [0.15, 0.2) is 0 Å². The van der Waals surface area contributed by atoms with Crippen molar-refractivity contribution in [2.24, 2.45) is 5.92 Å². The summed E-state index contributed by atoms with van der Waals surface area (Å²) in [7, 11) is 0. The molecule has 1 aromatic rings. The largest absolute Gasteiger partial charge is 0.337 e. The van der Waals surface area contributed by atoms with Crippen molar-refractivity contribution in [3.8, 4) is 0 Å². The molecule has 0 N–H and O–H groups in total. The van der Waals surface area contributed by atoms with Crippen LogP contribution in [0.4, 0.5) is 0 Å². The fourth-order valence-corrected chi connectivity index (χ4v) is 3.36. The van der Waals surface area contributed by atoms with Gasteiger partial charge in [0, 0.05) is 25.2 Å². The van der Waals surface area contributed by atoms with Crippen LogP contribution in [0.25, 0.3) is 0 Å². The zero-order chi connectivity index (χ0) is 14.9. The van der Waals surface area contributed by atoms with Gasteiger partial charge in [0.1, 0.15) is 0 Å². The van der Waals surface area contributed by atoms with E-state index in [1.165, 1.54) is 11.3 Å². The van der Waals surface area contributed by atoms with Crippen molar-refractivity contribution < 1.29 is 9.59 Å². The lowest BCUT2D eigenvalue weighted by Gasteiger charge is -2.42. The summed E-state index contributed by atoms with van der Waals surface area (Å²) in [6.07, 6.45) is 0. The number of hydrogen-bond acceptors (Lipinski definition) is 3. The first-order valence-corrected chi connectivity index (χ1v) is 7.94. The van der Waals surface area contributed by atoms with Gasteiger partial charge in [-0.2, -0.15) is 0 Å². The predicted molar refractivity (Wildman–Crippen MR) is 80.8 cm³/mol. The number of carbonyl (C=O) groups is 2. The van der Waals surface area contributed by atoms with Gasteiger partial charge in [-0.05, 0) is 39.1 Å². The molecule has 1 saturated heterocycles. The Balaban J connectivity index is 1.93. The summed E-state index contributed by atoms with van der Waals surface area (Å²) < 4.78 is 0. The van der Waals surface area contributed by atoms with Crippen molar-refractivity contribution in [3.63, 3.8) is 0 Å². The van der Waals surface area contributed by atoms with E-state index in [4.69, 9.17) is 0 Å². The maximum absolute atomic E-state index is 12.5. The Morgan fingerprint density at radius 3 is 2.30 bits per heavy atom. The molecular weight excluding hydrogens is 272 g/mol. The number of likely N-dealkylation sites (tertiary alicyclic amines) is 1. The molecule has 2 amide bonds. The summed E-state index contributed by atoms with van der Waals surface area (Å²) >= 11 is 1.45. The lowest BCUT2D eigenvalue weighted by atomic mass is 9.96. The summed E-state index contributed by atoms with van der Waals surface area (Å²) in [5.74, 6) is 0.179. The lowest BCUT2D eigenvalue weighted by Crippen LogP contribution is -2.58. The van der Waals surface area contributed by atoms with E-state index < -0.39 is 0 Å². The second-order valence-corrected chi connectivity index (χ2v) is 6.77. The molecule has 4 nitrogen and oxygen atoms in total. The molecule has 2 rings (SSSR count). The van der Waals surface area contributed by atoms with Gasteiger partial charge in [-0.25, -0.2) is 0 Å². The first kappa shape index (κ1) is 15.0. The third kappa shape index (κ3) is 2.87. The van der Waals surface area contributed by atoms with Crippen molar-refractivity contribution in [2.75, 3.05) is 13.1 Å². The Bertz CT molecular complexity index is 468. The second-order valence-electron chi connectivity index (χ2n) is 5.82. The molecule has 0 saturated carbocycles. The second kappa shape index (κ2) is 5.95. The Kier molecular flexibility index (Phi) is 4.48. The smallest absolute Gasteiger partial charge is 0.263 e. The van der Waals surface area contributed by atoms with Crippen molar-refractivity contribution >= 4 is 23.2 Å². The van der Waals surface area contributed by atoms with Gasteiger partial charge in [0.25, 0.3) is 5.91 Å². The van der Waals surface area contributed by atoms with Crippen molar-refractivity contribution in [3.05, 3.63) is 22.4 Å².